The molecular weight excluding hydrogens is 522 g/mol. The summed E-state index contributed by atoms with van der Waals surface area (Å²) in [5.74, 6) is -2.68. The third-order valence-corrected chi connectivity index (χ3v) is 6.59. The standard InChI is InChI=1S/C27H29N5O8/c1-15-19(25(35)31-11-4-12-31)5-3-6-20(15)32-13-14-39-22(26(32)36)21(40-16(2)33)24(34)29-18-9-7-17(8-10-18)23(28)30-27(37)38/h3,5-10,21-22H,4,11-14H2,1-2H3,(H2,28,30)(H,29,34)(H,37,38)/t21-,22-/m1/s1. The maximum atomic E-state index is 13.6. The van der Waals surface area contributed by atoms with Crippen molar-refractivity contribution in [1.29, 1.82) is 5.41 Å². The van der Waals surface area contributed by atoms with E-state index in [1.807, 2.05) is 5.32 Å². The lowest BCUT2D eigenvalue weighted by atomic mass is 10.0. The molecule has 0 radical (unpaired) electrons. The number of benzene rings is 2. The minimum Gasteiger partial charge on any atom is -0.465 e. The predicted molar refractivity (Wildman–Crippen MR) is 142 cm³/mol. The number of morpholine rings is 1. The summed E-state index contributed by atoms with van der Waals surface area (Å²) < 4.78 is 10.9. The summed E-state index contributed by atoms with van der Waals surface area (Å²) in [5, 5.41) is 21.0. The number of ether oxygens (including phenoxy) is 2. The average molecular weight is 552 g/mol. The fourth-order valence-corrected chi connectivity index (χ4v) is 4.44. The second-order valence-corrected chi connectivity index (χ2v) is 9.28. The lowest BCUT2D eigenvalue weighted by molar-refractivity contribution is -0.167. The van der Waals surface area contributed by atoms with E-state index >= 15 is 0 Å². The van der Waals surface area contributed by atoms with E-state index in [0.29, 0.717) is 29.9 Å². The summed E-state index contributed by atoms with van der Waals surface area (Å²) in [5.41, 5.74) is 2.10. The van der Waals surface area contributed by atoms with Crippen molar-refractivity contribution >= 4 is 47.0 Å². The third-order valence-electron chi connectivity index (χ3n) is 6.59. The third kappa shape index (κ3) is 6.10. The number of amides is 4. The van der Waals surface area contributed by atoms with Gasteiger partial charge in [0.2, 0.25) is 6.10 Å². The lowest BCUT2D eigenvalue weighted by Gasteiger charge is -2.36. The molecule has 0 aromatic heterocycles. The number of rotatable bonds is 7. The van der Waals surface area contributed by atoms with Crippen molar-refractivity contribution in [3.05, 3.63) is 59.2 Å². The van der Waals surface area contributed by atoms with Gasteiger partial charge in [-0.25, -0.2) is 4.79 Å². The minimum atomic E-state index is -1.62. The van der Waals surface area contributed by atoms with Crippen molar-refractivity contribution in [1.82, 2.24) is 10.2 Å². The maximum Gasteiger partial charge on any atom is 0.410 e. The summed E-state index contributed by atoms with van der Waals surface area (Å²) in [6, 6.07) is 10.8. The highest BCUT2D eigenvalue weighted by atomic mass is 16.6. The molecule has 210 valence electrons. The van der Waals surface area contributed by atoms with E-state index < -0.39 is 36.1 Å². The largest absolute Gasteiger partial charge is 0.465 e. The number of hydrogen-bond acceptors (Lipinski definition) is 8. The molecule has 4 amide bonds. The Morgan fingerprint density at radius 3 is 2.40 bits per heavy atom. The lowest BCUT2D eigenvalue weighted by Crippen LogP contribution is -2.56. The van der Waals surface area contributed by atoms with Crippen LogP contribution in [0.15, 0.2) is 42.5 Å². The number of amidine groups is 1. The second kappa shape index (κ2) is 11.9. The molecule has 2 aromatic carbocycles. The van der Waals surface area contributed by atoms with Gasteiger partial charge in [-0.15, -0.1) is 0 Å². The van der Waals surface area contributed by atoms with E-state index in [-0.39, 0.29) is 36.1 Å². The van der Waals surface area contributed by atoms with Crippen molar-refractivity contribution in [2.24, 2.45) is 0 Å². The molecule has 4 rings (SSSR count). The Morgan fingerprint density at radius 1 is 1.10 bits per heavy atom. The fraction of sp³-hybridized carbons (Fsp3) is 0.333. The zero-order chi connectivity index (χ0) is 29.0. The molecule has 2 saturated heterocycles. The molecule has 2 aliphatic rings. The minimum absolute atomic E-state index is 0.0541. The molecule has 13 nitrogen and oxygen atoms in total. The Labute approximate surface area is 229 Å². The van der Waals surface area contributed by atoms with Gasteiger partial charge in [0.1, 0.15) is 5.84 Å². The SMILES string of the molecule is CC(=O)O[C@@H](C(=O)Nc1ccc(C(=N)NC(=O)O)cc1)[C@H]1OCCN(c2cccc(C(=O)N3CCC3)c2C)C1=O. The van der Waals surface area contributed by atoms with E-state index in [9.17, 15) is 24.0 Å². The van der Waals surface area contributed by atoms with Gasteiger partial charge in [0.05, 0.1) is 6.61 Å². The first-order valence-electron chi connectivity index (χ1n) is 12.6. The van der Waals surface area contributed by atoms with E-state index in [1.165, 1.54) is 29.2 Å². The number of carbonyl (C=O) groups excluding carboxylic acids is 4. The molecule has 2 heterocycles. The number of hydrogen-bond donors (Lipinski definition) is 4. The number of nitrogens with one attached hydrogen (secondary N) is 3. The molecule has 0 spiro atoms. The van der Waals surface area contributed by atoms with Crippen LogP contribution in [0, 0.1) is 12.3 Å². The van der Waals surface area contributed by atoms with Gasteiger partial charge in [0.25, 0.3) is 17.7 Å². The van der Waals surface area contributed by atoms with Gasteiger partial charge in [-0.05, 0) is 55.3 Å². The Hall–Kier alpha value is -4.78. The monoisotopic (exact) mass is 551 g/mol. The predicted octanol–water partition coefficient (Wildman–Crippen LogP) is 1.74. The highest BCUT2D eigenvalue weighted by Gasteiger charge is 2.43. The Kier molecular flexibility index (Phi) is 8.43. The Bertz CT molecular complexity index is 1360. The summed E-state index contributed by atoms with van der Waals surface area (Å²) in [6.45, 7) is 4.46. The smallest absolute Gasteiger partial charge is 0.410 e. The molecule has 4 N–H and O–H groups in total. The van der Waals surface area contributed by atoms with E-state index in [1.54, 1.807) is 30.0 Å². The topological polar surface area (TPSA) is 178 Å². The molecule has 2 atom stereocenters. The van der Waals surface area contributed by atoms with Crippen LogP contribution in [0.5, 0.6) is 0 Å². The van der Waals surface area contributed by atoms with Crippen molar-refractivity contribution in [2.75, 3.05) is 36.5 Å². The Morgan fingerprint density at radius 2 is 1.80 bits per heavy atom. The molecule has 0 bridgehead atoms. The molecule has 0 aliphatic carbocycles. The number of carboxylic acid groups (broad SMARTS) is 1. The van der Waals surface area contributed by atoms with E-state index in [0.717, 1.165) is 13.3 Å². The first-order chi connectivity index (χ1) is 19.1. The Balaban J connectivity index is 1.53. The molecule has 2 aliphatic heterocycles. The number of esters is 1. The highest BCUT2D eigenvalue weighted by molar-refractivity contribution is 6.07. The van der Waals surface area contributed by atoms with Crippen LogP contribution in [0.3, 0.4) is 0 Å². The molecule has 2 fully saturated rings. The molecule has 0 saturated carbocycles. The number of anilines is 2. The van der Waals surface area contributed by atoms with Crippen LogP contribution < -0.4 is 15.5 Å². The van der Waals surface area contributed by atoms with Gasteiger partial charge in [-0.1, -0.05) is 6.07 Å². The number of likely N-dealkylation sites (tertiary alicyclic amines) is 1. The summed E-state index contributed by atoms with van der Waals surface area (Å²) in [6.07, 6.45) is -3.50. The molecule has 13 heteroatoms. The van der Waals surface area contributed by atoms with Gasteiger partial charge in [0, 0.05) is 49.1 Å². The second-order valence-electron chi connectivity index (χ2n) is 9.28. The van der Waals surface area contributed by atoms with Crippen LogP contribution in [0.25, 0.3) is 0 Å². The maximum absolute atomic E-state index is 13.6. The molecule has 40 heavy (non-hydrogen) atoms. The van der Waals surface area contributed by atoms with Crippen LogP contribution in [-0.4, -0.2) is 84.1 Å². The summed E-state index contributed by atoms with van der Waals surface area (Å²) >= 11 is 0. The first kappa shape index (κ1) is 28.2. The van der Waals surface area contributed by atoms with Crippen LogP contribution in [0.1, 0.15) is 34.8 Å². The fourth-order valence-electron chi connectivity index (χ4n) is 4.44. The number of nitrogens with zero attached hydrogens (tertiary/aromatic N) is 2. The van der Waals surface area contributed by atoms with Gasteiger partial charge in [-0.3, -0.25) is 29.9 Å². The molecule has 0 unspecified atom stereocenters. The van der Waals surface area contributed by atoms with Crippen LogP contribution in [0.4, 0.5) is 16.2 Å². The zero-order valence-electron chi connectivity index (χ0n) is 21.9. The molecular formula is C27H29N5O8. The zero-order valence-corrected chi connectivity index (χ0v) is 21.9. The van der Waals surface area contributed by atoms with Crippen molar-refractivity contribution in [3.63, 3.8) is 0 Å². The summed E-state index contributed by atoms with van der Waals surface area (Å²) in [4.78, 5) is 65.5. The van der Waals surface area contributed by atoms with Crippen molar-refractivity contribution in [2.45, 2.75) is 32.5 Å². The van der Waals surface area contributed by atoms with Gasteiger partial charge >= 0.3 is 12.1 Å². The average Bonchev–Trinajstić information content (AvgIpc) is 2.87. The van der Waals surface area contributed by atoms with Gasteiger partial charge < -0.3 is 29.7 Å². The quantitative estimate of drug-likeness (QED) is 0.228. The number of carbonyl (C=O) groups is 5. The van der Waals surface area contributed by atoms with Crippen LogP contribution in [0.2, 0.25) is 0 Å². The first-order valence-corrected chi connectivity index (χ1v) is 12.6. The van der Waals surface area contributed by atoms with E-state index in [4.69, 9.17) is 20.0 Å². The van der Waals surface area contributed by atoms with E-state index in [2.05, 4.69) is 5.32 Å². The van der Waals surface area contributed by atoms with Gasteiger partial charge in [0.15, 0.2) is 6.10 Å². The van der Waals surface area contributed by atoms with Crippen LogP contribution in [-0.2, 0) is 23.9 Å². The molecule has 2 aromatic rings. The van der Waals surface area contributed by atoms with Gasteiger partial charge in [-0.2, -0.15) is 0 Å². The van der Waals surface area contributed by atoms with Crippen molar-refractivity contribution in [3.8, 4) is 0 Å². The normalized spacial score (nSPS) is 17.4. The van der Waals surface area contributed by atoms with Crippen LogP contribution >= 0.6 is 0 Å². The summed E-state index contributed by atoms with van der Waals surface area (Å²) in [7, 11) is 0. The highest BCUT2D eigenvalue weighted by Crippen LogP contribution is 2.29. The van der Waals surface area contributed by atoms with Crippen molar-refractivity contribution < 1.29 is 38.6 Å².